The van der Waals surface area contributed by atoms with Crippen LogP contribution in [0.3, 0.4) is 0 Å². The van der Waals surface area contributed by atoms with Gasteiger partial charge in [-0.1, -0.05) is 134 Å². The van der Waals surface area contributed by atoms with Gasteiger partial charge >= 0.3 is 72.5 Å². The Labute approximate surface area is 494 Å². The maximum Gasteiger partial charge on any atom is 1.00 e. The maximum absolute atomic E-state index is 8.89. The first-order valence-electron chi connectivity index (χ1n) is 25.2. The van der Waals surface area contributed by atoms with Gasteiger partial charge in [-0.25, -0.2) is 0 Å². The smallest absolute Gasteiger partial charge is 0.550 e. The number of hydrogen-bond acceptors (Lipinski definition) is 10. The second-order valence-electron chi connectivity index (χ2n) is 22.5. The number of halogens is 1. The molecule has 0 N–H and O–H groups in total. The molecule has 15 heteroatoms. The zero-order chi connectivity index (χ0) is 52.9. The van der Waals surface area contributed by atoms with E-state index in [1.165, 1.54) is 43.1 Å². The molecule has 0 radical (unpaired) electrons. The minimum Gasteiger partial charge on any atom is -0.550 e. The molecule has 13 rings (SSSR count). The van der Waals surface area contributed by atoms with Crippen LogP contribution in [0, 0.1) is 0 Å². The fourth-order valence-electron chi connectivity index (χ4n) is 9.91. The van der Waals surface area contributed by atoms with Gasteiger partial charge in [0.15, 0.2) is 5.58 Å². The zero-order valence-corrected chi connectivity index (χ0v) is 49.3. The molecule has 5 heterocycles. The van der Waals surface area contributed by atoms with Gasteiger partial charge in [0.05, 0.1) is 38.6 Å². The van der Waals surface area contributed by atoms with Crippen molar-refractivity contribution in [3.63, 3.8) is 0 Å². The van der Waals surface area contributed by atoms with Gasteiger partial charge in [-0.05, 0) is 151 Å². The van der Waals surface area contributed by atoms with E-state index in [2.05, 4.69) is 137 Å². The van der Waals surface area contributed by atoms with Crippen molar-refractivity contribution < 1.29 is 98.0 Å². The molecule has 8 aromatic carbocycles. The molecule has 0 aliphatic carbocycles. The largest absolute Gasteiger partial charge is 1.00 e. The molecular formula is C61H65B3ClKO10. The number of rotatable bonds is 2. The molecule has 386 valence electrons. The number of furan rings is 2. The molecule has 3 aliphatic heterocycles. The van der Waals surface area contributed by atoms with E-state index >= 15 is 0 Å². The summed E-state index contributed by atoms with van der Waals surface area (Å²) in [5.74, 6) is -1.08. The van der Waals surface area contributed by atoms with Crippen molar-refractivity contribution >= 4 is 131 Å². The fraction of sp³-hybridized carbons (Fsp3) is 0.328. The standard InChI is InChI=1S/C26H23BO3.C20H11ClO.C12H24B2O4.C2H4O2.CH4.K/c1-25(2)26(3,4)30-27(29-25)21-11-7-10-20-23-19-13-12-16-8-5-6-9-17(16)18(19)14-15-22(23)28-24(20)21;21-17-7-3-6-16-19-15-9-8-12-4-1-2-5-13(12)14(15)10-11-18(19)22-20(16)17;1-9(2)10(3,4)16-13(15-9)14-17-11(5,6)12(7,8)18-14;1-2(3)4;;/h5-15H,1-4H3;1-11H;1-8H3;1H3,(H,3,4);1H4;/q;;;;;+1/p-1. The fourth-order valence-corrected chi connectivity index (χ4v) is 10.1. The Hall–Kier alpha value is -4.25. The number of hydrogen-bond donors (Lipinski definition) is 0. The van der Waals surface area contributed by atoms with Crippen LogP contribution in [-0.2, 0) is 32.7 Å². The van der Waals surface area contributed by atoms with Gasteiger partial charge in [-0.15, -0.1) is 0 Å². The van der Waals surface area contributed by atoms with Crippen LogP contribution in [0.25, 0.3) is 87.0 Å². The molecule has 10 aromatic rings. The molecule has 3 aliphatic rings. The number of para-hydroxylation sites is 2. The summed E-state index contributed by atoms with van der Waals surface area (Å²) < 4.78 is 48.8. The van der Waals surface area contributed by atoms with Crippen LogP contribution < -0.4 is 62.0 Å². The Balaban J connectivity index is 0.000000149. The molecule has 3 fully saturated rings. The van der Waals surface area contributed by atoms with Gasteiger partial charge in [0, 0.05) is 33.0 Å². The molecule has 10 nitrogen and oxygen atoms in total. The Morgan fingerprint density at radius 1 is 0.421 bits per heavy atom. The van der Waals surface area contributed by atoms with E-state index in [0.29, 0.717) is 5.02 Å². The molecule has 0 unspecified atom stereocenters. The third-order valence-corrected chi connectivity index (χ3v) is 16.3. The Bertz CT molecular complexity index is 3740. The number of carbonyl (C=O) groups is 1. The summed E-state index contributed by atoms with van der Waals surface area (Å²) in [6.45, 7) is 25.5. The number of aliphatic carboxylic acids is 1. The number of fused-ring (bicyclic) bond motifs is 14. The summed E-state index contributed by atoms with van der Waals surface area (Å²) >= 11 is 6.28. The van der Waals surface area contributed by atoms with Crippen LogP contribution >= 0.6 is 11.6 Å². The van der Waals surface area contributed by atoms with Gasteiger partial charge in [0.2, 0.25) is 0 Å². The average Bonchev–Trinajstić information content (AvgIpc) is 4.09. The quantitative estimate of drug-likeness (QED) is 0.122. The minimum absolute atomic E-state index is 0. The molecule has 0 saturated carbocycles. The number of benzene rings is 8. The van der Waals surface area contributed by atoms with Crippen LogP contribution in [0.15, 0.2) is 142 Å². The summed E-state index contributed by atoms with van der Waals surface area (Å²) in [6, 6.07) is 46.3. The van der Waals surface area contributed by atoms with Crippen LogP contribution in [0.1, 0.15) is 97.4 Å². The number of carbonyl (C=O) groups excluding carboxylic acids is 1. The monoisotopic (exact) mass is 1060 g/mol. The Morgan fingerprint density at radius 2 is 0.763 bits per heavy atom. The SMILES string of the molecule is C.CC(=O)[O-].CC1(C)OB(B2OC(C)(C)C(C)(C)O2)OC1(C)C.CC1(C)OB(c2cccc3c2oc2ccc4c5ccccc5ccc4c23)OC1(C)C.Clc1cccc2c1oc1ccc3c4ccccc4ccc3c12.[K+]. The summed E-state index contributed by atoms with van der Waals surface area (Å²) in [6.07, 6.45) is 0. The third-order valence-electron chi connectivity index (χ3n) is 16.0. The average molecular weight is 1070 g/mol. The van der Waals surface area contributed by atoms with E-state index < -0.39 is 38.3 Å². The van der Waals surface area contributed by atoms with Crippen molar-refractivity contribution in [3.05, 3.63) is 138 Å². The first-order chi connectivity index (χ1) is 34.8. The molecule has 0 spiro atoms. The third kappa shape index (κ3) is 10.3. The topological polar surface area (TPSA) is 122 Å². The minimum atomic E-state index is -1.08. The van der Waals surface area contributed by atoms with E-state index in [0.717, 1.165) is 56.3 Å². The first kappa shape index (κ1) is 57.9. The number of carboxylic acids is 1. The van der Waals surface area contributed by atoms with Gasteiger partial charge in [-0.3, -0.25) is 0 Å². The van der Waals surface area contributed by atoms with Gasteiger partial charge in [0.1, 0.15) is 16.7 Å². The second-order valence-corrected chi connectivity index (χ2v) is 22.9. The molecule has 2 aromatic heterocycles. The van der Waals surface area contributed by atoms with Crippen LogP contribution in [0.4, 0.5) is 0 Å². The van der Waals surface area contributed by atoms with Crippen molar-refractivity contribution in [2.45, 2.75) is 131 Å². The normalized spacial score (nSPS) is 18.5. The van der Waals surface area contributed by atoms with Gasteiger partial charge in [0.25, 0.3) is 0 Å². The van der Waals surface area contributed by atoms with Crippen molar-refractivity contribution in [2.75, 3.05) is 0 Å². The first-order valence-corrected chi connectivity index (χ1v) is 25.6. The predicted octanol–water partition coefficient (Wildman–Crippen LogP) is 11.4. The Kier molecular flexibility index (Phi) is 16.1. The van der Waals surface area contributed by atoms with Crippen molar-refractivity contribution in [2.24, 2.45) is 0 Å². The van der Waals surface area contributed by atoms with Gasteiger partial charge < -0.3 is 46.7 Å². The van der Waals surface area contributed by atoms with Crippen molar-refractivity contribution in [3.8, 4) is 0 Å². The molecule has 76 heavy (non-hydrogen) atoms. The maximum atomic E-state index is 8.89. The molecule has 0 bridgehead atoms. The molecule has 3 saturated heterocycles. The Morgan fingerprint density at radius 3 is 1.20 bits per heavy atom. The molecule has 0 amide bonds. The van der Waals surface area contributed by atoms with E-state index in [1.807, 2.05) is 79.7 Å². The summed E-state index contributed by atoms with van der Waals surface area (Å²) in [5.41, 5.74) is 2.09. The van der Waals surface area contributed by atoms with E-state index in [4.69, 9.17) is 58.3 Å². The summed E-state index contributed by atoms with van der Waals surface area (Å²) in [7, 11) is -1.40. The van der Waals surface area contributed by atoms with Crippen LogP contribution in [0.5, 0.6) is 0 Å². The summed E-state index contributed by atoms with van der Waals surface area (Å²) in [5, 5.41) is 23.9. The van der Waals surface area contributed by atoms with Crippen molar-refractivity contribution in [1.82, 2.24) is 0 Å². The van der Waals surface area contributed by atoms with E-state index in [1.54, 1.807) is 0 Å². The zero-order valence-electron chi connectivity index (χ0n) is 45.4. The van der Waals surface area contributed by atoms with E-state index in [9.17, 15) is 0 Å². The predicted molar refractivity (Wildman–Crippen MR) is 308 cm³/mol. The van der Waals surface area contributed by atoms with E-state index in [-0.39, 0.29) is 81.2 Å². The second kappa shape index (κ2) is 21.1. The molecular weight excluding hydrogens is 1000 g/mol. The summed E-state index contributed by atoms with van der Waals surface area (Å²) in [4.78, 5) is 8.89. The van der Waals surface area contributed by atoms with Crippen LogP contribution in [0.2, 0.25) is 5.02 Å². The number of carboxylic acid groups (broad SMARTS) is 1. The van der Waals surface area contributed by atoms with Crippen LogP contribution in [-0.4, -0.2) is 60.7 Å². The molecule has 0 atom stereocenters. The van der Waals surface area contributed by atoms with Crippen molar-refractivity contribution in [1.29, 1.82) is 0 Å². The van der Waals surface area contributed by atoms with Gasteiger partial charge in [-0.2, -0.15) is 0 Å².